The van der Waals surface area contributed by atoms with Gasteiger partial charge in [0.25, 0.3) is 0 Å². The van der Waals surface area contributed by atoms with Crippen molar-refractivity contribution in [1.82, 2.24) is 4.98 Å². The second-order valence-corrected chi connectivity index (χ2v) is 2.87. The lowest BCUT2D eigenvalue weighted by Crippen LogP contribution is -2.23. The van der Waals surface area contributed by atoms with Crippen molar-refractivity contribution in [2.75, 3.05) is 0 Å². The summed E-state index contributed by atoms with van der Waals surface area (Å²) in [4.78, 5) is 18.3. The number of carboxylic acids is 1. The molecular formula is C9H8N2O3. The number of carbonyl (C=O) groups is 1. The lowest BCUT2D eigenvalue weighted by Gasteiger charge is -2.13. The number of carboxylic acid groups (broad SMARTS) is 1. The van der Waals surface area contributed by atoms with E-state index < -0.39 is 18.1 Å². The smallest absolute Gasteiger partial charge is 0.332 e. The molecule has 0 saturated carbocycles. The van der Waals surface area contributed by atoms with Crippen molar-refractivity contribution >= 4 is 12.4 Å². The van der Waals surface area contributed by atoms with Gasteiger partial charge in [0.05, 0.1) is 0 Å². The Morgan fingerprint density at radius 1 is 1.43 bits per heavy atom. The lowest BCUT2D eigenvalue weighted by atomic mass is 10.0. The maximum atomic E-state index is 10.8. The fourth-order valence-electron chi connectivity index (χ4n) is 1.33. The van der Waals surface area contributed by atoms with Gasteiger partial charge >= 0.3 is 5.97 Å². The van der Waals surface area contributed by atoms with Crippen molar-refractivity contribution in [3.05, 3.63) is 30.1 Å². The summed E-state index contributed by atoms with van der Waals surface area (Å²) in [7, 11) is 0. The van der Waals surface area contributed by atoms with E-state index in [2.05, 4.69) is 9.98 Å². The zero-order valence-electron chi connectivity index (χ0n) is 7.20. The van der Waals surface area contributed by atoms with Gasteiger partial charge in [-0.3, -0.25) is 4.98 Å². The summed E-state index contributed by atoms with van der Waals surface area (Å²) >= 11 is 0. The van der Waals surface area contributed by atoms with Crippen molar-refractivity contribution in [2.45, 2.75) is 12.1 Å². The number of nitrogens with zero attached hydrogens (tertiary/aromatic N) is 2. The molecule has 0 radical (unpaired) electrons. The molecule has 2 atom stereocenters. The second kappa shape index (κ2) is 3.45. The number of hydrogen-bond donors (Lipinski definition) is 1. The number of aromatic nitrogens is 1. The van der Waals surface area contributed by atoms with E-state index in [1.165, 1.54) is 6.40 Å². The van der Waals surface area contributed by atoms with Crippen LogP contribution in [0.25, 0.3) is 0 Å². The number of aliphatic imine (C=N–C) groups is 1. The van der Waals surface area contributed by atoms with Crippen LogP contribution in [0.15, 0.2) is 29.5 Å². The molecule has 0 aliphatic carbocycles. The van der Waals surface area contributed by atoms with Gasteiger partial charge in [-0.25, -0.2) is 9.79 Å². The van der Waals surface area contributed by atoms with E-state index in [0.717, 1.165) is 5.56 Å². The van der Waals surface area contributed by atoms with E-state index in [4.69, 9.17) is 9.84 Å². The first-order valence-corrected chi connectivity index (χ1v) is 4.09. The largest absolute Gasteiger partial charge is 0.480 e. The molecule has 72 valence electrons. The summed E-state index contributed by atoms with van der Waals surface area (Å²) in [6.45, 7) is 0. The zero-order chi connectivity index (χ0) is 9.97. The summed E-state index contributed by atoms with van der Waals surface area (Å²) in [6.07, 6.45) is 3.84. The Kier molecular flexibility index (Phi) is 2.14. The van der Waals surface area contributed by atoms with Crippen LogP contribution < -0.4 is 0 Å². The minimum absolute atomic E-state index is 0.532. The van der Waals surface area contributed by atoms with Crippen LogP contribution in [-0.2, 0) is 9.53 Å². The number of hydrogen-bond acceptors (Lipinski definition) is 4. The molecular weight excluding hydrogens is 184 g/mol. The van der Waals surface area contributed by atoms with Crippen LogP contribution in [0.5, 0.6) is 0 Å². The standard InChI is InChI=1S/C9H8N2O3/c12-9(13)7-8(14-5-11-7)6-1-3-10-4-2-6/h1-5,7-8H,(H,12,13)/t7-,8?/m1/s1. The molecule has 14 heavy (non-hydrogen) atoms. The van der Waals surface area contributed by atoms with Crippen molar-refractivity contribution in [2.24, 2.45) is 4.99 Å². The maximum Gasteiger partial charge on any atom is 0.332 e. The Labute approximate surface area is 80.1 Å². The first-order valence-electron chi connectivity index (χ1n) is 4.09. The van der Waals surface area contributed by atoms with Gasteiger partial charge in [-0.2, -0.15) is 0 Å². The van der Waals surface area contributed by atoms with E-state index in [1.807, 2.05) is 0 Å². The van der Waals surface area contributed by atoms with Gasteiger partial charge in [-0.1, -0.05) is 0 Å². The molecule has 2 heterocycles. The van der Waals surface area contributed by atoms with Crippen molar-refractivity contribution in [1.29, 1.82) is 0 Å². The fourth-order valence-corrected chi connectivity index (χ4v) is 1.33. The average molecular weight is 192 g/mol. The molecule has 1 unspecified atom stereocenters. The maximum absolute atomic E-state index is 10.8. The molecule has 1 aliphatic heterocycles. The topological polar surface area (TPSA) is 71.8 Å². The van der Waals surface area contributed by atoms with Crippen LogP contribution >= 0.6 is 0 Å². The average Bonchev–Trinajstić information content (AvgIpc) is 2.67. The zero-order valence-corrected chi connectivity index (χ0v) is 7.20. The molecule has 0 aromatic carbocycles. The molecule has 1 aromatic rings. The third-order valence-electron chi connectivity index (χ3n) is 2.00. The Morgan fingerprint density at radius 2 is 2.14 bits per heavy atom. The van der Waals surface area contributed by atoms with E-state index >= 15 is 0 Å². The minimum Gasteiger partial charge on any atom is -0.480 e. The molecule has 1 aromatic heterocycles. The van der Waals surface area contributed by atoms with E-state index in [0.29, 0.717) is 0 Å². The SMILES string of the molecule is O=C(O)[C@@H]1N=COC1c1ccncc1. The van der Waals surface area contributed by atoms with E-state index in [1.54, 1.807) is 24.5 Å². The van der Waals surface area contributed by atoms with Gasteiger partial charge in [0.1, 0.15) is 0 Å². The van der Waals surface area contributed by atoms with E-state index in [-0.39, 0.29) is 0 Å². The van der Waals surface area contributed by atoms with Crippen molar-refractivity contribution in [3.63, 3.8) is 0 Å². The first kappa shape index (κ1) is 8.68. The lowest BCUT2D eigenvalue weighted by molar-refractivity contribution is -0.140. The van der Waals surface area contributed by atoms with Crippen molar-refractivity contribution < 1.29 is 14.6 Å². The number of pyridine rings is 1. The molecule has 0 amide bonds. The molecule has 1 aliphatic rings. The van der Waals surface area contributed by atoms with Gasteiger partial charge in [0.15, 0.2) is 18.5 Å². The number of rotatable bonds is 2. The second-order valence-electron chi connectivity index (χ2n) is 2.87. The number of aliphatic carboxylic acids is 1. The van der Waals surface area contributed by atoms with Crippen LogP contribution in [0.3, 0.4) is 0 Å². The first-order chi connectivity index (χ1) is 6.79. The molecule has 0 fully saturated rings. The Morgan fingerprint density at radius 3 is 2.79 bits per heavy atom. The van der Waals surface area contributed by atoms with Gasteiger partial charge in [0.2, 0.25) is 0 Å². The molecule has 0 spiro atoms. The van der Waals surface area contributed by atoms with Crippen LogP contribution in [0.4, 0.5) is 0 Å². The minimum atomic E-state index is -0.986. The quantitative estimate of drug-likeness (QED) is 0.746. The fraction of sp³-hybridized carbons (Fsp3) is 0.222. The normalized spacial score (nSPS) is 24.6. The molecule has 0 saturated heterocycles. The van der Waals surface area contributed by atoms with Crippen LogP contribution in [0, 0.1) is 0 Å². The highest BCUT2D eigenvalue weighted by atomic mass is 16.5. The molecule has 2 rings (SSSR count). The van der Waals surface area contributed by atoms with Crippen molar-refractivity contribution in [3.8, 4) is 0 Å². The van der Waals surface area contributed by atoms with Crippen LogP contribution in [0.1, 0.15) is 11.7 Å². The monoisotopic (exact) mass is 192 g/mol. The molecule has 0 bridgehead atoms. The highest BCUT2D eigenvalue weighted by Crippen LogP contribution is 2.26. The van der Waals surface area contributed by atoms with Gasteiger partial charge in [0, 0.05) is 12.4 Å². The third kappa shape index (κ3) is 1.44. The molecule has 5 heteroatoms. The predicted octanol–water partition coefficient (Wildman–Crippen LogP) is 0.634. The summed E-state index contributed by atoms with van der Waals surface area (Å²) in [6, 6.07) is 2.59. The van der Waals surface area contributed by atoms with E-state index in [9.17, 15) is 4.79 Å². The molecule has 1 N–H and O–H groups in total. The van der Waals surface area contributed by atoms with Crippen LogP contribution in [0.2, 0.25) is 0 Å². The number of ether oxygens (including phenoxy) is 1. The van der Waals surface area contributed by atoms with Gasteiger partial charge < -0.3 is 9.84 Å². The Balaban J connectivity index is 2.24. The Hall–Kier alpha value is -1.91. The van der Waals surface area contributed by atoms with Gasteiger partial charge in [-0.15, -0.1) is 0 Å². The third-order valence-corrected chi connectivity index (χ3v) is 2.00. The summed E-state index contributed by atoms with van der Waals surface area (Å²) < 4.78 is 5.11. The Bertz CT molecular complexity index is 364. The summed E-state index contributed by atoms with van der Waals surface area (Å²) in [5, 5.41) is 8.84. The van der Waals surface area contributed by atoms with Gasteiger partial charge in [-0.05, 0) is 17.7 Å². The molecule has 5 nitrogen and oxygen atoms in total. The highest BCUT2D eigenvalue weighted by Gasteiger charge is 2.33. The highest BCUT2D eigenvalue weighted by molar-refractivity contribution is 5.78. The predicted molar refractivity (Wildman–Crippen MR) is 48.0 cm³/mol. The summed E-state index contributed by atoms with van der Waals surface area (Å²) in [5.41, 5.74) is 0.768. The van der Waals surface area contributed by atoms with Crippen LogP contribution in [-0.4, -0.2) is 28.5 Å². The summed E-state index contributed by atoms with van der Waals surface area (Å²) in [5.74, 6) is -0.986.